The fourth-order valence-electron chi connectivity index (χ4n) is 3.90. The molecule has 0 radical (unpaired) electrons. The normalized spacial score (nSPS) is 19.0. The fraction of sp³-hybridized carbons (Fsp3) is 0.409. The van der Waals surface area contributed by atoms with Gasteiger partial charge in [-0.05, 0) is 50.2 Å². The number of piperidine rings is 1. The van der Waals surface area contributed by atoms with Gasteiger partial charge in [0, 0.05) is 19.4 Å². The Bertz CT molecular complexity index is 857. The molecule has 2 aliphatic heterocycles. The molecule has 4 rings (SSSR count). The van der Waals surface area contributed by atoms with E-state index in [0.29, 0.717) is 24.4 Å². The van der Waals surface area contributed by atoms with Crippen LogP contribution in [0.4, 0.5) is 5.69 Å². The van der Waals surface area contributed by atoms with Crippen LogP contribution in [0.5, 0.6) is 0 Å². The highest BCUT2D eigenvalue weighted by Crippen LogP contribution is 2.25. The van der Waals surface area contributed by atoms with Gasteiger partial charge in [-0.2, -0.15) is 5.10 Å². The first-order valence-corrected chi connectivity index (χ1v) is 10.2. The van der Waals surface area contributed by atoms with Crippen molar-refractivity contribution in [3.63, 3.8) is 0 Å². The minimum atomic E-state index is -0.230. The van der Waals surface area contributed by atoms with Crippen molar-refractivity contribution in [2.45, 2.75) is 38.1 Å². The van der Waals surface area contributed by atoms with Crippen molar-refractivity contribution >= 4 is 23.2 Å². The first-order valence-electron chi connectivity index (χ1n) is 10.2. The maximum atomic E-state index is 12.8. The molecule has 2 amide bonds. The van der Waals surface area contributed by atoms with Crippen LogP contribution in [0.1, 0.15) is 43.9 Å². The van der Waals surface area contributed by atoms with E-state index >= 15 is 0 Å². The Morgan fingerprint density at radius 2 is 1.86 bits per heavy atom. The second-order valence-electron chi connectivity index (χ2n) is 7.43. The lowest BCUT2D eigenvalue weighted by molar-refractivity contribution is -0.119. The van der Waals surface area contributed by atoms with Crippen molar-refractivity contribution in [3.05, 3.63) is 54.5 Å². The Labute approximate surface area is 170 Å². The second-order valence-corrected chi connectivity index (χ2v) is 7.43. The fourth-order valence-corrected chi connectivity index (χ4v) is 3.90. The molecule has 0 bridgehead atoms. The van der Waals surface area contributed by atoms with Gasteiger partial charge in [0.25, 0.3) is 5.91 Å². The predicted molar refractivity (Wildman–Crippen MR) is 110 cm³/mol. The first kappa shape index (κ1) is 19.4. The summed E-state index contributed by atoms with van der Waals surface area (Å²) in [5, 5.41) is 8.68. The molecule has 2 aromatic rings. The number of nitrogens with zero attached hydrogens (tertiary/aromatic N) is 3. The number of amides is 2. The Hall–Kier alpha value is -2.93. The number of carbonyl (C=O) groups is 2. The molecule has 1 aromatic heterocycles. The third-order valence-electron chi connectivity index (χ3n) is 5.45. The average Bonchev–Trinajstić information content (AvgIpc) is 3.30. The van der Waals surface area contributed by atoms with Crippen molar-refractivity contribution in [1.82, 2.24) is 10.2 Å². The highest BCUT2D eigenvalue weighted by molar-refractivity contribution is 6.40. The minimum absolute atomic E-state index is 0.00491. The number of benzene rings is 1. The molecule has 29 heavy (non-hydrogen) atoms. The largest absolute Gasteiger partial charge is 0.468 e. The molecule has 3 heterocycles. The van der Waals surface area contributed by atoms with E-state index in [1.54, 1.807) is 6.26 Å². The van der Waals surface area contributed by atoms with Crippen LogP contribution >= 0.6 is 0 Å². The van der Waals surface area contributed by atoms with E-state index in [0.717, 1.165) is 31.7 Å². The first-order chi connectivity index (χ1) is 14.2. The Kier molecular flexibility index (Phi) is 6.05. The van der Waals surface area contributed by atoms with Crippen LogP contribution in [0, 0.1) is 0 Å². The van der Waals surface area contributed by atoms with E-state index in [4.69, 9.17) is 4.42 Å². The molecule has 1 aromatic carbocycles. The van der Waals surface area contributed by atoms with Gasteiger partial charge in [-0.25, -0.2) is 5.01 Å². The summed E-state index contributed by atoms with van der Waals surface area (Å²) in [5.41, 5.74) is 1.05. The van der Waals surface area contributed by atoms with Gasteiger partial charge in [-0.1, -0.05) is 24.6 Å². The van der Waals surface area contributed by atoms with Crippen molar-refractivity contribution in [1.29, 1.82) is 0 Å². The van der Waals surface area contributed by atoms with Gasteiger partial charge in [-0.15, -0.1) is 0 Å². The quantitative estimate of drug-likeness (QED) is 0.817. The predicted octanol–water partition coefficient (Wildman–Crippen LogP) is 3.11. The lowest BCUT2D eigenvalue weighted by Crippen LogP contribution is -2.44. The maximum Gasteiger partial charge on any atom is 0.267 e. The molecule has 152 valence electrons. The molecule has 1 unspecified atom stereocenters. The summed E-state index contributed by atoms with van der Waals surface area (Å²) in [7, 11) is 0. The number of carbonyl (C=O) groups excluding carboxylic acids is 2. The van der Waals surface area contributed by atoms with Crippen LogP contribution in [-0.4, -0.2) is 42.1 Å². The van der Waals surface area contributed by atoms with Crippen molar-refractivity contribution in [2.24, 2.45) is 5.10 Å². The van der Waals surface area contributed by atoms with Gasteiger partial charge in [0.2, 0.25) is 5.91 Å². The third-order valence-corrected chi connectivity index (χ3v) is 5.45. The number of nitrogens with one attached hydrogen (secondary N) is 1. The highest BCUT2D eigenvalue weighted by atomic mass is 16.3. The van der Waals surface area contributed by atoms with E-state index < -0.39 is 0 Å². The zero-order valence-corrected chi connectivity index (χ0v) is 16.4. The SMILES string of the molecule is O=C(NCC(c1ccco1)N1CCCCC1)C1=NN(c2ccccc2)C(=O)CC1. The molecule has 1 atom stereocenters. The van der Waals surface area contributed by atoms with Crippen LogP contribution in [0.15, 0.2) is 58.2 Å². The Morgan fingerprint density at radius 3 is 2.59 bits per heavy atom. The topological polar surface area (TPSA) is 78.2 Å². The van der Waals surface area contributed by atoms with E-state index in [2.05, 4.69) is 15.3 Å². The van der Waals surface area contributed by atoms with Gasteiger partial charge in [0.1, 0.15) is 11.5 Å². The van der Waals surface area contributed by atoms with Crippen LogP contribution in [0.25, 0.3) is 0 Å². The van der Waals surface area contributed by atoms with Gasteiger partial charge < -0.3 is 9.73 Å². The molecule has 1 fully saturated rings. The second kappa shape index (κ2) is 9.05. The summed E-state index contributed by atoms with van der Waals surface area (Å²) >= 11 is 0. The molecular formula is C22H26N4O3. The van der Waals surface area contributed by atoms with E-state index in [1.165, 1.54) is 11.4 Å². The number of likely N-dealkylation sites (tertiary alicyclic amines) is 1. The average molecular weight is 394 g/mol. The van der Waals surface area contributed by atoms with Crippen molar-refractivity contribution in [3.8, 4) is 0 Å². The molecular weight excluding hydrogens is 368 g/mol. The molecule has 0 aliphatic carbocycles. The summed E-state index contributed by atoms with van der Waals surface area (Å²) in [6.07, 6.45) is 5.85. The zero-order valence-electron chi connectivity index (χ0n) is 16.4. The summed E-state index contributed by atoms with van der Waals surface area (Å²) in [6.45, 7) is 2.45. The van der Waals surface area contributed by atoms with Crippen molar-refractivity contribution < 1.29 is 14.0 Å². The molecule has 1 saturated heterocycles. The molecule has 2 aliphatic rings. The van der Waals surface area contributed by atoms with E-state index in [9.17, 15) is 9.59 Å². The van der Waals surface area contributed by atoms with Crippen LogP contribution < -0.4 is 10.3 Å². The Morgan fingerprint density at radius 1 is 1.07 bits per heavy atom. The number of furan rings is 1. The minimum Gasteiger partial charge on any atom is -0.468 e. The molecule has 0 spiro atoms. The summed E-state index contributed by atoms with van der Waals surface area (Å²) in [6, 6.07) is 13.0. The number of rotatable bonds is 6. The van der Waals surface area contributed by atoms with Gasteiger partial charge >= 0.3 is 0 Å². The van der Waals surface area contributed by atoms with Crippen LogP contribution in [0.3, 0.4) is 0 Å². The van der Waals surface area contributed by atoms with Gasteiger partial charge in [-0.3, -0.25) is 14.5 Å². The number of hydrazone groups is 1. The van der Waals surface area contributed by atoms with Crippen LogP contribution in [0.2, 0.25) is 0 Å². The molecule has 7 nitrogen and oxygen atoms in total. The number of anilines is 1. The summed E-state index contributed by atoms with van der Waals surface area (Å²) in [5.74, 6) is 0.528. The number of hydrogen-bond acceptors (Lipinski definition) is 5. The van der Waals surface area contributed by atoms with Crippen LogP contribution in [-0.2, 0) is 9.59 Å². The highest BCUT2D eigenvalue weighted by Gasteiger charge is 2.28. The smallest absolute Gasteiger partial charge is 0.267 e. The third kappa shape index (κ3) is 4.56. The summed E-state index contributed by atoms with van der Waals surface area (Å²) in [4.78, 5) is 27.4. The molecule has 1 N–H and O–H groups in total. The zero-order chi connectivity index (χ0) is 20.1. The Balaban J connectivity index is 1.45. The van der Waals surface area contributed by atoms with Gasteiger partial charge in [0.05, 0.1) is 18.0 Å². The van der Waals surface area contributed by atoms with E-state index in [-0.39, 0.29) is 24.3 Å². The molecule has 7 heteroatoms. The monoisotopic (exact) mass is 394 g/mol. The van der Waals surface area contributed by atoms with E-state index in [1.807, 2.05) is 42.5 Å². The number of para-hydroxylation sites is 1. The van der Waals surface area contributed by atoms with Gasteiger partial charge in [0.15, 0.2) is 0 Å². The lowest BCUT2D eigenvalue weighted by Gasteiger charge is -2.33. The van der Waals surface area contributed by atoms with Crippen molar-refractivity contribution in [2.75, 3.05) is 24.6 Å². The lowest BCUT2D eigenvalue weighted by atomic mass is 10.1. The maximum absolute atomic E-state index is 12.8. The molecule has 0 saturated carbocycles. The number of hydrogen-bond donors (Lipinski definition) is 1. The standard InChI is InChI=1S/C22H26N4O3/c27-21-12-11-18(24-26(21)17-8-3-1-4-9-17)22(28)23-16-19(20-10-7-15-29-20)25-13-5-2-6-14-25/h1,3-4,7-10,15,19H,2,5-6,11-14,16H2,(H,23,28). The summed E-state index contributed by atoms with van der Waals surface area (Å²) < 4.78 is 5.64.